The summed E-state index contributed by atoms with van der Waals surface area (Å²) in [6, 6.07) is 1.96. The van der Waals surface area contributed by atoms with Gasteiger partial charge in [-0.2, -0.15) is 0 Å². The highest BCUT2D eigenvalue weighted by atomic mass is 16.1. The highest BCUT2D eigenvalue weighted by Crippen LogP contribution is 2.19. The van der Waals surface area contributed by atoms with Crippen molar-refractivity contribution in [3.8, 4) is 0 Å². The minimum absolute atomic E-state index is 0.731. The van der Waals surface area contributed by atoms with Gasteiger partial charge in [0, 0.05) is 36.1 Å². The van der Waals surface area contributed by atoms with Crippen molar-refractivity contribution in [1.82, 2.24) is 9.55 Å². The predicted octanol–water partition coefficient (Wildman–Crippen LogP) is 2.65. The molecule has 0 fully saturated rings. The van der Waals surface area contributed by atoms with Crippen LogP contribution in [-0.2, 0) is 6.54 Å². The van der Waals surface area contributed by atoms with Crippen molar-refractivity contribution in [3.63, 3.8) is 0 Å². The molecule has 0 spiro atoms. The van der Waals surface area contributed by atoms with Gasteiger partial charge in [-0.05, 0) is 12.5 Å². The van der Waals surface area contributed by atoms with Crippen LogP contribution >= 0.6 is 0 Å². The van der Waals surface area contributed by atoms with Crippen LogP contribution in [0.1, 0.15) is 30.1 Å². The second-order valence-corrected chi connectivity index (χ2v) is 3.64. The van der Waals surface area contributed by atoms with Gasteiger partial charge in [0.2, 0.25) is 0 Å². The molecule has 2 aromatic rings. The zero-order valence-corrected chi connectivity index (χ0v) is 8.81. The fourth-order valence-corrected chi connectivity index (χ4v) is 1.77. The molecule has 2 aromatic heterocycles. The number of hydrogen-bond donors (Lipinski definition) is 0. The number of rotatable bonds is 4. The topological polar surface area (TPSA) is 34.9 Å². The van der Waals surface area contributed by atoms with E-state index in [0.29, 0.717) is 0 Å². The molecule has 0 amide bonds. The van der Waals surface area contributed by atoms with Crippen LogP contribution in [0.15, 0.2) is 24.7 Å². The Balaban J connectivity index is 2.50. The van der Waals surface area contributed by atoms with Gasteiger partial charge in [0.1, 0.15) is 0 Å². The Morgan fingerprint density at radius 1 is 1.53 bits per heavy atom. The van der Waals surface area contributed by atoms with Crippen molar-refractivity contribution in [2.75, 3.05) is 0 Å². The first-order valence-corrected chi connectivity index (χ1v) is 5.25. The fourth-order valence-electron chi connectivity index (χ4n) is 1.77. The van der Waals surface area contributed by atoms with Gasteiger partial charge in [0.15, 0.2) is 6.29 Å². The van der Waals surface area contributed by atoms with E-state index in [2.05, 4.69) is 16.5 Å². The predicted molar refractivity (Wildman–Crippen MR) is 60.0 cm³/mol. The Bertz CT molecular complexity index is 473. The lowest BCUT2D eigenvalue weighted by Gasteiger charge is -2.02. The van der Waals surface area contributed by atoms with Crippen LogP contribution in [0.4, 0.5) is 0 Å². The third-order valence-corrected chi connectivity index (χ3v) is 2.59. The summed E-state index contributed by atoms with van der Waals surface area (Å²) in [5, 5.41) is 0.948. The summed E-state index contributed by atoms with van der Waals surface area (Å²) >= 11 is 0. The Hall–Kier alpha value is -1.64. The average molecular weight is 202 g/mol. The number of carbonyl (C=O) groups excluding carboxylic acids is 1. The van der Waals surface area contributed by atoms with Crippen molar-refractivity contribution in [1.29, 1.82) is 0 Å². The quantitative estimate of drug-likeness (QED) is 0.714. The third-order valence-electron chi connectivity index (χ3n) is 2.59. The molecule has 0 saturated heterocycles. The van der Waals surface area contributed by atoms with Crippen molar-refractivity contribution >= 4 is 17.2 Å². The van der Waals surface area contributed by atoms with E-state index in [1.54, 1.807) is 12.4 Å². The number of nitrogens with zero attached hydrogens (tertiary/aromatic N) is 2. The summed E-state index contributed by atoms with van der Waals surface area (Å²) in [4.78, 5) is 14.9. The van der Waals surface area contributed by atoms with E-state index in [1.807, 2.05) is 12.3 Å². The molecule has 0 aliphatic heterocycles. The molecule has 2 heterocycles. The second kappa shape index (κ2) is 4.26. The van der Waals surface area contributed by atoms with Gasteiger partial charge >= 0.3 is 0 Å². The molecule has 3 heteroatoms. The summed E-state index contributed by atoms with van der Waals surface area (Å²) in [6.45, 7) is 3.12. The van der Waals surface area contributed by atoms with Crippen LogP contribution < -0.4 is 0 Å². The first-order chi connectivity index (χ1) is 7.36. The molecule has 3 nitrogen and oxygen atoms in total. The zero-order valence-electron chi connectivity index (χ0n) is 8.81. The van der Waals surface area contributed by atoms with Gasteiger partial charge in [-0.3, -0.25) is 9.78 Å². The lowest BCUT2D eigenvalue weighted by molar-refractivity contribution is 0.112. The highest BCUT2D eigenvalue weighted by molar-refractivity contribution is 5.97. The normalized spacial score (nSPS) is 10.7. The zero-order chi connectivity index (χ0) is 10.7. The van der Waals surface area contributed by atoms with Crippen LogP contribution in [0.25, 0.3) is 10.9 Å². The number of fused-ring (bicyclic) bond motifs is 1. The SMILES string of the molecule is CCCCn1cc(C=O)c2cnccc21. The molecular weight excluding hydrogens is 188 g/mol. The van der Waals surface area contributed by atoms with E-state index in [4.69, 9.17) is 0 Å². The summed E-state index contributed by atoms with van der Waals surface area (Å²) in [5.41, 5.74) is 1.83. The first kappa shape index (κ1) is 9.90. The minimum atomic E-state index is 0.731. The maximum atomic E-state index is 10.9. The van der Waals surface area contributed by atoms with E-state index in [-0.39, 0.29) is 0 Å². The molecule has 0 aliphatic rings. The van der Waals surface area contributed by atoms with Crippen LogP contribution in [0.2, 0.25) is 0 Å². The number of hydrogen-bond acceptors (Lipinski definition) is 2. The molecule has 0 radical (unpaired) electrons. The van der Waals surface area contributed by atoms with Crippen LogP contribution in [0.5, 0.6) is 0 Å². The highest BCUT2D eigenvalue weighted by Gasteiger charge is 2.06. The summed E-state index contributed by atoms with van der Waals surface area (Å²) < 4.78 is 2.13. The van der Waals surface area contributed by atoms with Crippen LogP contribution in [0.3, 0.4) is 0 Å². The monoisotopic (exact) mass is 202 g/mol. The number of aryl methyl sites for hydroxylation is 1. The maximum Gasteiger partial charge on any atom is 0.152 e. The molecule has 0 atom stereocenters. The van der Waals surface area contributed by atoms with Crippen LogP contribution in [-0.4, -0.2) is 15.8 Å². The molecule has 0 aliphatic carbocycles. The molecule has 0 bridgehead atoms. The molecular formula is C12H14N2O. The number of carbonyl (C=O) groups is 1. The van der Waals surface area contributed by atoms with E-state index in [1.165, 1.54) is 0 Å². The minimum Gasteiger partial charge on any atom is -0.347 e. The van der Waals surface area contributed by atoms with Gasteiger partial charge in [0.05, 0.1) is 5.52 Å². The van der Waals surface area contributed by atoms with Crippen molar-refractivity contribution in [3.05, 3.63) is 30.2 Å². The van der Waals surface area contributed by atoms with Gasteiger partial charge in [-0.1, -0.05) is 13.3 Å². The van der Waals surface area contributed by atoms with Gasteiger partial charge in [0.25, 0.3) is 0 Å². The Labute approximate surface area is 88.7 Å². The summed E-state index contributed by atoms with van der Waals surface area (Å²) in [6.07, 6.45) is 8.61. The van der Waals surface area contributed by atoms with Crippen molar-refractivity contribution in [2.45, 2.75) is 26.3 Å². The maximum absolute atomic E-state index is 10.9. The van der Waals surface area contributed by atoms with Crippen molar-refractivity contribution in [2.24, 2.45) is 0 Å². The molecule has 0 N–H and O–H groups in total. The standard InChI is InChI=1S/C12H14N2O/c1-2-3-6-14-8-10(9-15)11-7-13-5-4-12(11)14/h4-5,7-9H,2-3,6H2,1H3. The number of aldehydes is 1. The van der Waals surface area contributed by atoms with E-state index in [0.717, 1.165) is 42.1 Å². The molecule has 0 aromatic carbocycles. The summed E-state index contributed by atoms with van der Waals surface area (Å²) in [7, 11) is 0. The average Bonchev–Trinajstić information content (AvgIpc) is 2.65. The first-order valence-electron chi connectivity index (χ1n) is 5.25. The molecule has 78 valence electrons. The van der Waals surface area contributed by atoms with Gasteiger partial charge in [-0.25, -0.2) is 0 Å². The smallest absolute Gasteiger partial charge is 0.152 e. The van der Waals surface area contributed by atoms with Crippen LogP contribution in [0, 0.1) is 0 Å². The lowest BCUT2D eigenvalue weighted by Crippen LogP contribution is -1.94. The fraction of sp³-hybridized carbons (Fsp3) is 0.333. The molecule has 15 heavy (non-hydrogen) atoms. The summed E-state index contributed by atoms with van der Waals surface area (Å²) in [5.74, 6) is 0. The second-order valence-electron chi connectivity index (χ2n) is 3.64. The van der Waals surface area contributed by atoms with Gasteiger partial charge < -0.3 is 4.57 Å². The molecule has 0 unspecified atom stereocenters. The lowest BCUT2D eigenvalue weighted by atomic mass is 10.2. The molecule has 2 rings (SSSR count). The van der Waals surface area contributed by atoms with E-state index in [9.17, 15) is 4.79 Å². The Kier molecular flexibility index (Phi) is 2.81. The Morgan fingerprint density at radius 3 is 3.13 bits per heavy atom. The Morgan fingerprint density at radius 2 is 2.40 bits per heavy atom. The van der Waals surface area contributed by atoms with Crippen molar-refractivity contribution < 1.29 is 4.79 Å². The molecule has 0 saturated carbocycles. The van der Waals surface area contributed by atoms with E-state index < -0.39 is 0 Å². The third kappa shape index (κ3) is 1.77. The number of aromatic nitrogens is 2. The number of unbranched alkanes of at least 4 members (excludes halogenated alkanes) is 1. The number of pyridine rings is 1. The van der Waals surface area contributed by atoms with E-state index >= 15 is 0 Å². The largest absolute Gasteiger partial charge is 0.347 e. The van der Waals surface area contributed by atoms with Gasteiger partial charge in [-0.15, -0.1) is 0 Å².